The number of methoxy groups -OCH3 is 1. The largest absolute Gasteiger partial charge is 0.507 e. The van der Waals surface area contributed by atoms with Crippen LogP contribution in [-0.4, -0.2) is 40.7 Å². The summed E-state index contributed by atoms with van der Waals surface area (Å²) in [5.41, 5.74) is 3.17. The van der Waals surface area contributed by atoms with Gasteiger partial charge in [0.1, 0.15) is 11.4 Å². The summed E-state index contributed by atoms with van der Waals surface area (Å²) in [6.07, 6.45) is 2.96. The molecular formula is C20H24ClN3O3. The molecular weight excluding hydrogens is 366 g/mol. The van der Waals surface area contributed by atoms with Crippen LogP contribution in [0.2, 0.25) is 5.02 Å². The lowest BCUT2D eigenvalue weighted by Gasteiger charge is -2.29. The molecule has 144 valence electrons. The number of aromatic nitrogens is 2. The normalized spacial score (nSPS) is 21.2. The van der Waals surface area contributed by atoms with E-state index >= 15 is 0 Å². The Balaban J connectivity index is 1.78. The summed E-state index contributed by atoms with van der Waals surface area (Å²) in [7, 11) is 1.69. The van der Waals surface area contributed by atoms with Crippen LogP contribution >= 0.6 is 11.6 Å². The van der Waals surface area contributed by atoms with Crippen molar-refractivity contribution >= 4 is 17.4 Å². The van der Waals surface area contributed by atoms with Crippen molar-refractivity contribution in [3.8, 4) is 17.0 Å². The first-order valence-electron chi connectivity index (χ1n) is 9.21. The third-order valence-corrected chi connectivity index (χ3v) is 5.66. The Morgan fingerprint density at radius 1 is 1.33 bits per heavy atom. The first kappa shape index (κ1) is 18.5. The molecule has 0 aliphatic carbocycles. The van der Waals surface area contributed by atoms with E-state index in [-0.39, 0.29) is 23.6 Å². The summed E-state index contributed by atoms with van der Waals surface area (Å²) in [6.45, 7) is 4.64. The smallest absolute Gasteiger partial charge is 0.154 e. The van der Waals surface area contributed by atoms with E-state index in [4.69, 9.17) is 21.1 Å². The van der Waals surface area contributed by atoms with Gasteiger partial charge in [-0.1, -0.05) is 11.6 Å². The highest BCUT2D eigenvalue weighted by Gasteiger charge is 2.38. The molecule has 6 nitrogen and oxygen atoms in total. The van der Waals surface area contributed by atoms with Gasteiger partial charge in [0, 0.05) is 36.2 Å². The Labute approximate surface area is 163 Å². The summed E-state index contributed by atoms with van der Waals surface area (Å²) in [4.78, 5) is 0. The molecule has 1 aromatic heterocycles. The minimum Gasteiger partial charge on any atom is -0.507 e. The van der Waals surface area contributed by atoms with Gasteiger partial charge in [-0.05, 0) is 50.5 Å². The third-order valence-electron chi connectivity index (χ3n) is 5.43. The maximum atomic E-state index is 10.4. The summed E-state index contributed by atoms with van der Waals surface area (Å²) in [5, 5.41) is 23.2. The second-order valence-electron chi connectivity index (χ2n) is 7.80. The highest BCUT2D eigenvalue weighted by Crippen LogP contribution is 2.47. The number of rotatable bonds is 5. The quantitative estimate of drug-likeness (QED) is 0.801. The topological polar surface area (TPSA) is 76.5 Å². The van der Waals surface area contributed by atoms with Gasteiger partial charge < -0.3 is 19.9 Å². The monoisotopic (exact) mass is 389 g/mol. The molecule has 0 radical (unpaired) electrons. The van der Waals surface area contributed by atoms with Crippen molar-refractivity contribution in [3.05, 3.63) is 34.3 Å². The van der Waals surface area contributed by atoms with Gasteiger partial charge in [-0.15, -0.1) is 10.2 Å². The third kappa shape index (κ3) is 3.49. The molecule has 1 aromatic carbocycles. The minimum absolute atomic E-state index is 0.00982. The first-order valence-corrected chi connectivity index (χ1v) is 9.58. The number of nitrogens with one attached hydrogen (secondary N) is 1. The molecule has 2 aliphatic rings. The molecule has 2 aromatic rings. The number of nitrogens with zero attached hydrogens (tertiary/aromatic N) is 2. The lowest BCUT2D eigenvalue weighted by atomic mass is 9.94. The van der Waals surface area contributed by atoms with Crippen LogP contribution in [0.5, 0.6) is 5.75 Å². The molecule has 3 heterocycles. The van der Waals surface area contributed by atoms with Gasteiger partial charge in [0.15, 0.2) is 5.82 Å². The number of phenols is 1. The van der Waals surface area contributed by atoms with Crippen LogP contribution in [0.25, 0.3) is 11.3 Å². The van der Waals surface area contributed by atoms with Gasteiger partial charge in [-0.25, -0.2) is 0 Å². The van der Waals surface area contributed by atoms with Crippen LogP contribution in [0.4, 0.5) is 5.82 Å². The van der Waals surface area contributed by atoms with Crippen LogP contribution in [0.1, 0.15) is 43.9 Å². The molecule has 27 heavy (non-hydrogen) atoms. The van der Waals surface area contributed by atoms with Crippen molar-refractivity contribution in [2.45, 2.75) is 50.9 Å². The van der Waals surface area contributed by atoms with Gasteiger partial charge >= 0.3 is 0 Å². The number of anilines is 1. The molecule has 1 fully saturated rings. The van der Waals surface area contributed by atoms with E-state index in [2.05, 4.69) is 15.5 Å². The zero-order valence-corrected chi connectivity index (χ0v) is 16.5. The van der Waals surface area contributed by atoms with Crippen molar-refractivity contribution in [1.82, 2.24) is 10.2 Å². The number of ether oxygens (including phenoxy) is 2. The van der Waals surface area contributed by atoms with Crippen molar-refractivity contribution in [2.75, 3.05) is 19.0 Å². The average Bonchev–Trinajstić information content (AvgIpc) is 3.01. The Kier molecular flexibility index (Phi) is 4.74. The Morgan fingerprint density at radius 2 is 2.15 bits per heavy atom. The van der Waals surface area contributed by atoms with E-state index in [0.29, 0.717) is 22.8 Å². The Bertz CT molecular complexity index is 872. The lowest BCUT2D eigenvalue weighted by molar-refractivity contribution is 0.0304. The zero-order valence-electron chi connectivity index (χ0n) is 15.8. The number of hydrogen-bond donors (Lipinski definition) is 2. The SMILES string of the molecule is COC(C)(C)CNc1nnc(-c2ccc(Cl)cc2O)c2c1[C@@H]1CC[C@H](C2)O1. The molecule has 1 saturated heterocycles. The average molecular weight is 390 g/mol. The van der Waals surface area contributed by atoms with Gasteiger partial charge in [-0.3, -0.25) is 0 Å². The molecule has 0 spiro atoms. The molecule has 0 unspecified atom stereocenters. The Morgan fingerprint density at radius 3 is 2.89 bits per heavy atom. The Hall–Kier alpha value is -1.89. The van der Waals surface area contributed by atoms with Gasteiger partial charge in [-0.2, -0.15) is 0 Å². The fraction of sp³-hybridized carbons (Fsp3) is 0.500. The minimum atomic E-state index is -0.324. The number of aromatic hydroxyl groups is 1. The number of halogens is 1. The van der Waals surface area contributed by atoms with Crippen LogP contribution in [-0.2, 0) is 15.9 Å². The van der Waals surface area contributed by atoms with Crippen molar-refractivity contribution in [3.63, 3.8) is 0 Å². The molecule has 4 rings (SSSR count). The van der Waals surface area contributed by atoms with E-state index in [1.54, 1.807) is 19.2 Å². The number of hydrogen-bond acceptors (Lipinski definition) is 6. The molecule has 7 heteroatoms. The fourth-order valence-electron chi connectivity index (χ4n) is 3.75. The number of phenolic OH excluding ortho intramolecular Hbond substituents is 1. The molecule has 2 N–H and O–H groups in total. The molecule has 2 bridgehead atoms. The van der Waals surface area contributed by atoms with E-state index in [1.807, 2.05) is 13.8 Å². The highest BCUT2D eigenvalue weighted by molar-refractivity contribution is 6.30. The van der Waals surface area contributed by atoms with Crippen LogP contribution in [0, 0.1) is 0 Å². The van der Waals surface area contributed by atoms with Gasteiger partial charge in [0.2, 0.25) is 0 Å². The second kappa shape index (κ2) is 6.93. The van der Waals surface area contributed by atoms with Gasteiger partial charge in [0.05, 0.1) is 17.8 Å². The summed E-state index contributed by atoms with van der Waals surface area (Å²) >= 11 is 5.99. The first-order chi connectivity index (χ1) is 12.9. The van der Waals surface area contributed by atoms with Crippen molar-refractivity contribution in [1.29, 1.82) is 0 Å². The van der Waals surface area contributed by atoms with E-state index in [1.165, 1.54) is 6.07 Å². The second-order valence-corrected chi connectivity index (χ2v) is 8.23. The highest BCUT2D eigenvalue weighted by atomic mass is 35.5. The van der Waals surface area contributed by atoms with E-state index < -0.39 is 0 Å². The number of benzene rings is 1. The standard InChI is InChI=1S/C20H24ClN3O3/c1-20(2,26-3)10-22-19-17-14(9-12-5-7-16(17)27-12)18(23-24-19)13-6-4-11(21)8-15(13)25/h4,6,8,12,16,25H,5,7,9-10H2,1-3H3,(H,22,24)/t12-,16+/m1/s1. The fourth-order valence-corrected chi connectivity index (χ4v) is 3.92. The summed E-state index contributed by atoms with van der Waals surface area (Å²) in [6, 6.07) is 5.08. The van der Waals surface area contributed by atoms with Crippen LogP contribution in [0.15, 0.2) is 18.2 Å². The zero-order chi connectivity index (χ0) is 19.2. The predicted molar refractivity (Wildman–Crippen MR) is 104 cm³/mol. The summed E-state index contributed by atoms with van der Waals surface area (Å²) in [5.74, 6) is 0.844. The maximum Gasteiger partial charge on any atom is 0.154 e. The maximum absolute atomic E-state index is 10.4. The molecule has 0 saturated carbocycles. The van der Waals surface area contributed by atoms with Crippen molar-refractivity contribution < 1.29 is 14.6 Å². The lowest BCUT2D eigenvalue weighted by Crippen LogP contribution is -2.33. The molecule has 2 atom stereocenters. The van der Waals surface area contributed by atoms with Crippen LogP contribution in [0.3, 0.4) is 0 Å². The number of fused-ring (bicyclic) bond motifs is 4. The molecule has 0 amide bonds. The van der Waals surface area contributed by atoms with E-state index in [0.717, 1.165) is 36.2 Å². The van der Waals surface area contributed by atoms with Crippen molar-refractivity contribution in [2.24, 2.45) is 0 Å². The summed E-state index contributed by atoms with van der Waals surface area (Å²) < 4.78 is 11.6. The predicted octanol–water partition coefficient (Wildman–Crippen LogP) is 4.12. The van der Waals surface area contributed by atoms with Crippen LogP contribution < -0.4 is 5.32 Å². The van der Waals surface area contributed by atoms with Gasteiger partial charge in [0.25, 0.3) is 0 Å². The van der Waals surface area contributed by atoms with E-state index in [9.17, 15) is 5.11 Å². The molecule has 2 aliphatic heterocycles.